The predicted octanol–water partition coefficient (Wildman–Crippen LogP) is 5.01. The molecule has 0 saturated heterocycles. The number of likely N-dealkylation sites (N-methyl/N-ethyl adjacent to an activating group) is 2. The van der Waals surface area contributed by atoms with E-state index in [2.05, 4.69) is 50.0 Å². The first-order valence-corrected chi connectivity index (χ1v) is 14.5. The number of benzene rings is 2. The number of amides is 1. The van der Waals surface area contributed by atoms with Gasteiger partial charge in [0.1, 0.15) is 18.1 Å². The number of para-hydroxylation sites is 1. The average Bonchev–Trinajstić information content (AvgIpc) is 3.67. The third-order valence-corrected chi connectivity index (χ3v) is 7.91. The Kier molecular flexibility index (Phi) is 7.82. The van der Waals surface area contributed by atoms with Crippen LogP contribution in [0.25, 0.3) is 27.9 Å². The second kappa shape index (κ2) is 11.9. The first-order valence-electron chi connectivity index (χ1n) is 14.5. The molecule has 1 amide bonds. The van der Waals surface area contributed by atoms with Crippen LogP contribution in [0.5, 0.6) is 5.75 Å². The molecule has 6 rings (SSSR count). The van der Waals surface area contributed by atoms with Gasteiger partial charge < -0.3 is 34.5 Å². The molecule has 1 fully saturated rings. The van der Waals surface area contributed by atoms with Gasteiger partial charge in [0.15, 0.2) is 5.94 Å². The summed E-state index contributed by atoms with van der Waals surface area (Å²) in [5, 5.41) is 7.27. The molecule has 3 heterocycles. The second-order valence-corrected chi connectivity index (χ2v) is 11.3. The summed E-state index contributed by atoms with van der Waals surface area (Å²) in [7, 11) is 7.55. The minimum atomic E-state index is -0.343. The molecule has 226 valence electrons. The lowest BCUT2D eigenvalue weighted by Gasteiger charge is -2.26. The molecule has 0 unspecified atom stereocenters. The number of fused-ring (bicyclic) bond motifs is 2. The van der Waals surface area contributed by atoms with Crippen molar-refractivity contribution in [2.45, 2.75) is 25.5 Å². The Morgan fingerprint density at radius 1 is 1.16 bits per heavy atom. The summed E-state index contributed by atoms with van der Waals surface area (Å²) in [4.78, 5) is 38.0. The van der Waals surface area contributed by atoms with Crippen LogP contribution >= 0.6 is 0 Å². The van der Waals surface area contributed by atoms with Crippen molar-refractivity contribution in [3.05, 3.63) is 66.5 Å². The number of carbonyl (C=O) groups is 1. The molecule has 11 heteroatoms. The van der Waals surface area contributed by atoms with Gasteiger partial charge in [-0.15, -0.1) is 0 Å². The summed E-state index contributed by atoms with van der Waals surface area (Å²) in [6.07, 6.45) is 5.64. The highest BCUT2D eigenvalue weighted by Crippen LogP contribution is 2.44. The van der Waals surface area contributed by atoms with Crippen LogP contribution in [0.1, 0.15) is 30.1 Å². The molecule has 1 aliphatic carbocycles. The summed E-state index contributed by atoms with van der Waals surface area (Å²) >= 11 is 0. The highest BCUT2D eigenvalue weighted by molar-refractivity contribution is 6.02. The molecule has 0 bridgehead atoms. The maximum atomic E-state index is 12.4. The molecule has 2 aromatic carbocycles. The lowest BCUT2D eigenvalue weighted by molar-refractivity contribution is -0.111. The number of aromatic nitrogens is 3. The maximum absolute atomic E-state index is 12.4. The van der Waals surface area contributed by atoms with E-state index in [1.165, 1.54) is 6.08 Å². The number of nitrogens with one attached hydrogen (secondary N) is 2. The summed E-state index contributed by atoms with van der Waals surface area (Å²) in [5.74, 6) is 2.35. The number of hydrogen-bond acceptors (Lipinski definition) is 9. The summed E-state index contributed by atoms with van der Waals surface area (Å²) in [6, 6.07) is 12.4. The van der Waals surface area contributed by atoms with E-state index in [0.717, 1.165) is 47.1 Å². The van der Waals surface area contributed by atoms with Gasteiger partial charge in [0.25, 0.3) is 0 Å². The topological polar surface area (TPSA) is 114 Å². The van der Waals surface area contributed by atoms with Crippen molar-refractivity contribution in [1.82, 2.24) is 19.4 Å². The Balaban J connectivity index is 1.46. The molecule has 44 heavy (non-hydrogen) atoms. The van der Waals surface area contributed by atoms with Gasteiger partial charge >= 0.3 is 0 Å². The number of carbonyl (C=O) groups excluding carboxylic acids is 2. The van der Waals surface area contributed by atoms with Crippen molar-refractivity contribution in [1.29, 1.82) is 0 Å². The molecule has 2 aromatic heterocycles. The molecule has 0 spiro atoms. The zero-order valence-corrected chi connectivity index (χ0v) is 25.3. The number of ether oxygens (including phenoxy) is 2. The maximum Gasteiger partial charge on any atom is 0.247 e. The number of nitrogens with zero attached hydrogens (tertiary/aromatic N) is 5. The SMILES string of the molecule is C=CC(=O)Nc1cc(Nc2nc3c(c(-c4cn(C5CC5)c5ccccc45)n2)COC3=C=O)c(OC)cc1N(C)CCN(C)C. The van der Waals surface area contributed by atoms with E-state index in [4.69, 9.17) is 14.5 Å². The standard InChI is InChI=1S/C33H35N7O4/c1-6-30(42)34-24-15-25(28(43-5)16-27(24)39(4)14-13-38(2)3)35-33-36-31(23-19-44-29(18-41)32(23)37-33)22-17-40(20-11-12-20)26-10-8-7-9-21(22)26/h6-10,15-17,20H,1,11-14,19H2,2-5H3,(H,34,42)(H,35,36,37). The Hall–Kier alpha value is -5.12. The smallest absolute Gasteiger partial charge is 0.247 e. The fraction of sp³-hybridized carbons (Fsp3) is 0.303. The van der Waals surface area contributed by atoms with E-state index >= 15 is 0 Å². The van der Waals surface area contributed by atoms with E-state index in [1.54, 1.807) is 13.2 Å². The lowest BCUT2D eigenvalue weighted by Crippen LogP contribution is -2.29. The van der Waals surface area contributed by atoms with E-state index in [-0.39, 0.29) is 24.2 Å². The summed E-state index contributed by atoms with van der Waals surface area (Å²) in [6.45, 7) is 5.30. The van der Waals surface area contributed by atoms with Crippen molar-refractivity contribution in [2.75, 3.05) is 56.9 Å². The molecular weight excluding hydrogens is 558 g/mol. The van der Waals surface area contributed by atoms with Gasteiger partial charge in [-0.05, 0) is 45.1 Å². The third kappa shape index (κ3) is 5.50. The van der Waals surface area contributed by atoms with E-state index in [9.17, 15) is 9.59 Å². The van der Waals surface area contributed by atoms with Gasteiger partial charge in [-0.2, -0.15) is 0 Å². The van der Waals surface area contributed by atoms with Crippen LogP contribution in [0, 0.1) is 0 Å². The Bertz CT molecular complexity index is 1820. The van der Waals surface area contributed by atoms with Crippen LogP contribution in [0.4, 0.5) is 23.0 Å². The average molecular weight is 594 g/mol. The van der Waals surface area contributed by atoms with Crippen molar-refractivity contribution < 1.29 is 19.1 Å². The van der Waals surface area contributed by atoms with Gasteiger partial charge in [0, 0.05) is 60.5 Å². The van der Waals surface area contributed by atoms with Crippen LogP contribution < -0.4 is 20.3 Å². The minimum Gasteiger partial charge on any atom is -0.494 e. The number of rotatable bonds is 11. The van der Waals surface area contributed by atoms with E-state index in [0.29, 0.717) is 41.1 Å². The van der Waals surface area contributed by atoms with Gasteiger partial charge in [0.05, 0.1) is 29.9 Å². The molecule has 2 N–H and O–H groups in total. The van der Waals surface area contributed by atoms with Crippen molar-refractivity contribution >= 4 is 51.5 Å². The second-order valence-electron chi connectivity index (χ2n) is 11.3. The molecule has 0 radical (unpaired) electrons. The summed E-state index contributed by atoms with van der Waals surface area (Å²) < 4.78 is 13.8. The molecule has 4 aromatic rings. The molecule has 1 saturated carbocycles. The molecule has 11 nitrogen and oxygen atoms in total. The van der Waals surface area contributed by atoms with Crippen LogP contribution in [0.15, 0.2) is 55.3 Å². The normalized spacial score (nSPS) is 13.8. The third-order valence-electron chi connectivity index (χ3n) is 7.91. The van der Waals surface area contributed by atoms with Crippen LogP contribution in [0.2, 0.25) is 0 Å². The lowest BCUT2D eigenvalue weighted by atomic mass is 10.0. The first-order chi connectivity index (χ1) is 21.3. The van der Waals surface area contributed by atoms with Crippen LogP contribution in [0.3, 0.4) is 0 Å². The predicted molar refractivity (Wildman–Crippen MR) is 172 cm³/mol. The molecule has 0 atom stereocenters. The molecule has 2 aliphatic rings. The zero-order chi connectivity index (χ0) is 31.0. The Morgan fingerprint density at radius 3 is 2.64 bits per heavy atom. The minimum absolute atomic E-state index is 0.0430. The fourth-order valence-electron chi connectivity index (χ4n) is 5.45. The van der Waals surface area contributed by atoms with E-state index in [1.807, 2.05) is 50.2 Å². The fourth-order valence-corrected chi connectivity index (χ4v) is 5.45. The highest BCUT2D eigenvalue weighted by Gasteiger charge is 2.31. The first kappa shape index (κ1) is 29.0. The van der Waals surface area contributed by atoms with Gasteiger partial charge in [0.2, 0.25) is 17.6 Å². The van der Waals surface area contributed by atoms with Gasteiger partial charge in [-0.25, -0.2) is 14.8 Å². The quantitative estimate of drug-likeness (QED) is 0.183. The zero-order valence-electron chi connectivity index (χ0n) is 25.3. The van der Waals surface area contributed by atoms with Crippen molar-refractivity contribution in [3.8, 4) is 17.0 Å². The summed E-state index contributed by atoms with van der Waals surface area (Å²) in [5.41, 5.74) is 5.74. The highest BCUT2D eigenvalue weighted by atomic mass is 16.5. The Morgan fingerprint density at radius 2 is 1.93 bits per heavy atom. The number of anilines is 4. The number of hydrogen-bond donors (Lipinski definition) is 2. The van der Waals surface area contributed by atoms with Crippen LogP contribution in [-0.2, 0) is 20.9 Å². The largest absolute Gasteiger partial charge is 0.494 e. The van der Waals surface area contributed by atoms with Gasteiger partial charge in [-0.3, -0.25) is 4.79 Å². The Labute approximate surface area is 255 Å². The van der Waals surface area contributed by atoms with Crippen molar-refractivity contribution in [2.24, 2.45) is 0 Å². The molecular formula is C33H35N7O4. The number of methoxy groups -OCH3 is 1. The van der Waals surface area contributed by atoms with Crippen molar-refractivity contribution in [3.63, 3.8) is 0 Å². The van der Waals surface area contributed by atoms with Gasteiger partial charge in [-0.1, -0.05) is 24.8 Å². The monoisotopic (exact) mass is 593 g/mol. The molecule has 1 aliphatic heterocycles. The van der Waals surface area contributed by atoms with Crippen LogP contribution in [-0.4, -0.2) is 72.6 Å². The van der Waals surface area contributed by atoms with E-state index < -0.39 is 0 Å².